The van der Waals surface area contributed by atoms with Gasteiger partial charge in [-0.2, -0.15) is 0 Å². The van der Waals surface area contributed by atoms with E-state index in [1.807, 2.05) is 0 Å². The first kappa shape index (κ1) is 16.6. The Kier molecular flexibility index (Phi) is 5.32. The number of hydrogen-bond acceptors (Lipinski definition) is 3. The van der Waals surface area contributed by atoms with Crippen molar-refractivity contribution in [2.75, 3.05) is 0 Å². The summed E-state index contributed by atoms with van der Waals surface area (Å²) in [5, 5.41) is 0.498. The maximum Gasteiger partial charge on any atom is 0.341 e. The molecule has 0 heterocycles. The number of hydrogen-bond donors (Lipinski definition) is 0. The van der Waals surface area contributed by atoms with E-state index in [-0.39, 0.29) is 11.3 Å². The third kappa shape index (κ3) is 3.93. The summed E-state index contributed by atoms with van der Waals surface area (Å²) < 4.78 is 19.2. The molecule has 0 aromatic heterocycles. The maximum atomic E-state index is 13.7. The summed E-state index contributed by atoms with van der Waals surface area (Å²) in [7, 11) is 0. The Labute approximate surface area is 140 Å². The molecular formula is C16H11BrClFO3. The number of ether oxygens (including phenoxy) is 1. The molecule has 0 amide bonds. The number of carbonyl (C=O) groups is 2. The van der Waals surface area contributed by atoms with Crippen molar-refractivity contribution in [1.82, 2.24) is 0 Å². The van der Waals surface area contributed by atoms with Crippen molar-refractivity contribution in [1.29, 1.82) is 0 Å². The Morgan fingerprint density at radius 3 is 2.41 bits per heavy atom. The lowest BCUT2D eigenvalue weighted by molar-refractivity contribution is 0.0314. The summed E-state index contributed by atoms with van der Waals surface area (Å²) in [6.45, 7) is 1.44. The third-order valence-corrected chi connectivity index (χ3v) is 3.68. The van der Waals surface area contributed by atoms with E-state index in [4.69, 9.17) is 16.3 Å². The molecule has 0 spiro atoms. The van der Waals surface area contributed by atoms with Gasteiger partial charge in [0.15, 0.2) is 6.10 Å². The van der Waals surface area contributed by atoms with Gasteiger partial charge in [0, 0.05) is 15.1 Å². The van der Waals surface area contributed by atoms with E-state index in [2.05, 4.69) is 15.9 Å². The smallest absolute Gasteiger partial charge is 0.341 e. The molecule has 0 unspecified atom stereocenters. The van der Waals surface area contributed by atoms with Crippen LogP contribution in [0.25, 0.3) is 0 Å². The second-order valence-corrected chi connectivity index (χ2v) is 5.89. The lowest BCUT2D eigenvalue weighted by atomic mass is 10.1. The molecule has 2 aromatic carbocycles. The van der Waals surface area contributed by atoms with Crippen LogP contribution < -0.4 is 0 Å². The van der Waals surface area contributed by atoms with Gasteiger partial charge in [-0.25, -0.2) is 9.18 Å². The fraction of sp³-hybridized carbons (Fsp3) is 0.125. The molecule has 0 radical (unpaired) electrons. The monoisotopic (exact) mass is 384 g/mol. The van der Waals surface area contributed by atoms with Crippen molar-refractivity contribution in [2.45, 2.75) is 13.0 Å². The van der Waals surface area contributed by atoms with E-state index in [0.717, 1.165) is 6.07 Å². The fourth-order valence-corrected chi connectivity index (χ4v) is 2.24. The van der Waals surface area contributed by atoms with Gasteiger partial charge in [-0.05, 0) is 49.4 Å². The number of esters is 1. The first-order valence-electron chi connectivity index (χ1n) is 6.34. The van der Waals surface area contributed by atoms with Crippen molar-refractivity contribution >= 4 is 39.3 Å². The van der Waals surface area contributed by atoms with Gasteiger partial charge >= 0.3 is 5.97 Å². The van der Waals surface area contributed by atoms with Crippen LogP contribution in [0.4, 0.5) is 4.39 Å². The molecule has 114 valence electrons. The molecule has 2 aromatic rings. The van der Waals surface area contributed by atoms with Crippen LogP contribution in [0, 0.1) is 5.82 Å². The van der Waals surface area contributed by atoms with Crippen molar-refractivity contribution in [3.05, 3.63) is 68.9 Å². The molecule has 6 heteroatoms. The number of halogens is 3. The minimum absolute atomic E-state index is 0.223. The Bertz CT molecular complexity index is 716. The standard InChI is InChI=1S/C16H11BrClFO3/c1-9(15(20)10-2-5-12(18)6-3-10)22-16(21)13-7-4-11(17)8-14(13)19/h2-9H,1H3/t9-/m0/s1. The lowest BCUT2D eigenvalue weighted by Crippen LogP contribution is -2.24. The molecule has 0 aliphatic heterocycles. The van der Waals surface area contributed by atoms with Gasteiger partial charge in [-0.3, -0.25) is 4.79 Å². The van der Waals surface area contributed by atoms with Gasteiger partial charge in [0.1, 0.15) is 5.82 Å². The fourth-order valence-electron chi connectivity index (χ4n) is 1.78. The summed E-state index contributed by atoms with van der Waals surface area (Å²) in [6, 6.07) is 10.2. The first-order valence-corrected chi connectivity index (χ1v) is 7.51. The highest BCUT2D eigenvalue weighted by molar-refractivity contribution is 9.10. The van der Waals surface area contributed by atoms with Gasteiger partial charge in [0.25, 0.3) is 0 Å². The molecular weight excluding hydrogens is 375 g/mol. The van der Waals surface area contributed by atoms with Gasteiger partial charge in [-0.15, -0.1) is 0 Å². The van der Waals surface area contributed by atoms with E-state index in [0.29, 0.717) is 15.1 Å². The molecule has 0 saturated carbocycles. The molecule has 0 saturated heterocycles. The van der Waals surface area contributed by atoms with Crippen molar-refractivity contribution in [3.63, 3.8) is 0 Å². The third-order valence-electron chi connectivity index (χ3n) is 2.93. The maximum absolute atomic E-state index is 13.7. The average molecular weight is 386 g/mol. The predicted molar refractivity (Wildman–Crippen MR) is 84.8 cm³/mol. The van der Waals surface area contributed by atoms with Gasteiger partial charge in [0.2, 0.25) is 5.78 Å². The second-order valence-electron chi connectivity index (χ2n) is 4.54. The van der Waals surface area contributed by atoms with E-state index in [9.17, 15) is 14.0 Å². The Morgan fingerprint density at radius 2 is 1.82 bits per heavy atom. The van der Waals surface area contributed by atoms with Crippen LogP contribution in [-0.2, 0) is 4.74 Å². The molecule has 3 nitrogen and oxygen atoms in total. The minimum atomic E-state index is -1.03. The zero-order valence-electron chi connectivity index (χ0n) is 11.5. The normalized spacial score (nSPS) is 11.8. The zero-order valence-corrected chi connectivity index (χ0v) is 13.8. The van der Waals surface area contributed by atoms with Crippen LogP contribution >= 0.6 is 27.5 Å². The van der Waals surface area contributed by atoms with E-state index < -0.39 is 17.9 Å². The molecule has 0 fully saturated rings. The highest BCUT2D eigenvalue weighted by atomic mass is 79.9. The number of Topliss-reactive ketones (excluding diaryl/α,β-unsaturated/α-hetero) is 1. The SMILES string of the molecule is C[C@H](OC(=O)c1ccc(Br)cc1F)C(=O)c1ccc(Cl)cc1. The van der Waals surface area contributed by atoms with Gasteiger partial charge in [-0.1, -0.05) is 27.5 Å². The van der Waals surface area contributed by atoms with Crippen LogP contribution in [0.15, 0.2) is 46.9 Å². The van der Waals surface area contributed by atoms with E-state index in [1.54, 1.807) is 12.1 Å². The molecule has 0 aliphatic carbocycles. The van der Waals surface area contributed by atoms with Crippen LogP contribution in [0.2, 0.25) is 5.02 Å². The Balaban J connectivity index is 2.10. The van der Waals surface area contributed by atoms with Crippen molar-refractivity contribution in [3.8, 4) is 0 Å². The predicted octanol–water partition coefficient (Wildman–Crippen LogP) is 4.67. The zero-order chi connectivity index (χ0) is 16.3. The summed E-state index contributed by atoms with van der Waals surface area (Å²) >= 11 is 8.85. The van der Waals surface area contributed by atoms with Crippen LogP contribution in [-0.4, -0.2) is 17.9 Å². The highest BCUT2D eigenvalue weighted by Gasteiger charge is 2.22. The van der Waals surface area contributed by atoms with Gasteiger partial charge < -0.3 is 4.74 Å². The van der Waals surface area contributed by atoms with Crippen molar-refractivity contribution in [2.24, 2.45) is 0 Å². The molecule has 0 aliphatic rings. The number of benzene rings is 2. The van der Waals surface area contributed by atoms with Crippen LogP contribution in [0.5, 0.6) is 0 Å². The minimum Gasteiger partial charge on any atom is -0.451 e. The summed E-state index contributed by atoms with van der Waals surface area (Å²) in [5.74, 6) is -1.99. The number of carbonyl (C=O) groups excluding carboxylic acids is 2. The average Bonchev–Trinajstić information content (AvgIpc) is 2.47. The molecule has 0 N–H and O–H groups in total. The molecule has 1 atom stereocenters. The largest absolute Gasteiger partial charge is 0.451 e. The van der Waals surface area contributed by atoms with Crippen molar-refractivity contribution < 1.29 is 18.7 Å². The number of ketones is 1. The molecule has 2 rings (SSSR count). The van der Waals surface area contributed by atoms with E-state index in [1.165, 1.54) is 31.2 Å². The number of rotatable bonds is 4. The first-order chi connectivity index (χ1) is 10.4. The summed E-state index contributed by atoms with van der Waals surface area (Å²) in [4.78, 5) is 24.1. The quantitative estimate of drug-likeness (QED) is 0.567. The summed E-state index contributed by atoms with van der Waals surface area (Å²) in [5.41, 5.74) is 0.139. The topological polar surface area (TPSA) is 43.4 Å². The molecule has 0 bridgehead atoms. The van der Waals surface area contributed by atoms with Crippen LogP contribution in [0.3, 0.4) is 0 Å². The van der Waals surface area contributed by atoms with Gasteiger partial charge in [0.05, 0.1) is 5.56 Å². The molecule has 22 heavy (non-hydrogen) atoms. The second kappa shape index (κ2) is 7.03. The Hall–Kier alpha value is -1.72. The summed E-state index contributed by atoms with van der Waals surface area (Å²) in [6.07, 6.45) is -1.03. The Morgan fingerprint density at radius 1 is 1.18 bits per heavy atom. The van der Waals surface area contributed by atoms with Crippen LogP contribution in [0.1, 0.15) is 27.6 Å². The van der Waals surface area contributed by atoms with E-state index >= 15 is 0 Å². The lowest BCUT2D eigenvalue weighted by Gasteiger charge is -2.13. The highest BCUT2D eigenvalue weighted by Crippen LogP contribution is 2.18.